The van der Waals surface area contributed by atoms with E-state index < -0.39 is 11.4 Å². The average Bonchev–Trinajstić information content (AvgIpc) is 2.68. The van der Waals surface area contributed by atoms with E-state index in [9.17, 15) is 15.3 Å². The van der Waals surface area contributed by atoms with Crippen LogP contribution >= 0.6 is 0 Å². The second-order valence-electron chi connectivity index (χ2n) is 9.70. The van der Waals surface area contributed by atoms with Gasteiger partial charge < -0.3 is 15.3 Å². The van der Waals surface area contributed by atoms with Gasteiger partial charge in [-0.05, 0) is 88.1 Å². The first kappa shape index (κ1) is 26.1. The Bertz CT molecular complexity index is 976. The number of hydrogen-bond acceptors (Lipinski definition) is 3. The lowest BCUT2D eigenvalue weighted by Gasteiger charge is -2.35. The average molecular weight is 437 g/mol. The van der Waals surface area contributed by atoms with Crippen LogP contribution in [0.1, 0.15) is 79.3 Å². The molecule has 3 N–H and O–H groups in total. The summed E-state index contributed by atoms with van der Waals surface area (Å²) in [6.07, 6.45) is 4.63. The van der Waals surface area contributed by atoms with E-state index in [1.807, 2.05) is 6.08 Å². The van der Waals surface area contributed by atoms with Crippen molar-refractivity contribution in [1.29, 1.82) is 0 Å². The van der Waals surface area contributed by atoms with Crippen LogP contribution in [0.2, 0.25) is 0 Å². The van der Waals surface area contributed by atoms with Crippen molar-refractivity contribution in [2.24, 2.45) is 0 Å². The van der Waals surface area contributed by atoms with E-state index in [0.717, 1.165) is 12.0 Å². The summed E-state index contributed by atoms with van der Waals surface area (Å²) in [7, 11) is 0. The highest BCUT2D eigenvalue weighted by molar-refractivity contribution is 5.43. The topological polar surface area (TPSA) is 60.7 Å². The maximum absolute atomic E-state index is 11.2. The van der Waals surface area contributed by atoms with Gasteiger partial charge in [-0.1, -0.05) is 61.0 Å². The zero-order valence-corrected chi connectivity index (χ0v) is 20.7. The van der Waals surface area contributed by atoms with Crippen molar-refractivity contribution in [3.05, 3.63) is 94.1 Å². The predicted molar refractivity (Wildman–Crippen MR) is 134 cm³/mol. The van der Waals surface area contributed by atoms with Crippen molar-refractivity contribution in [2.75, 3.05) is 0 Å². The van der Waals surface area contributed by atoms with Crippen LogP contribution in [0.4, 0.5) is 0 Å². The molecule has 3 heteroatoms. The molecule has 2 aromatic rings. The molecule has 0 bridgehead atoms. The van der Waals surface area contributed by atoms with Crippen molar-refractivity contribution in [1.82, 2.24) is 0 Å². The third-order valence-corrected chi connectivity index (χ3v) is 6.57. The highest BCUT2D eigenvalue weighted by Gasteiger charge is 2.38. The minimum Gasteiger partial charge on any atom is -0.386 e. The van der Waals surface area contributed by atoms with Gasteiger partial charge in [0.05, 0.1) is 5.60 Å². The van der Waals surface area contributed by atoms with Crippen molar-refractivity contribution in [3.63, 3.8) is 0 Å². The van der Waals surface area contributed by atoms with Gasteiger partial charge in [-0.15, -0.1) is 6.58 Å². The molecule has 3 unspecified atom stereocenters. The molecule has 0 aliphatic heterocycles. The summed E-state index contributed by atoms with van der Waals surface area (Å²) in [5.74, 6) is -1.89. The fourth-order valence-corrected chi connectivity index (χ4v) is 4.80. The Kier molecular flexibility index (Phi) is 8.27. The monoisotopic (exact) mass is 436 g/mol. The summed E-state index contributed by atoms with van der Waals surface area (Å²) in [5.41, 5.74) is 6.16. The zero-order chi connectivity index (χ0) is 24.3. The lowest BCUT2D eigenvalue weighted by molar-refractivity contribution is -0.134. The van der Waals surface area contributed by atoms with E-state index in [0.29, 0.717) is 12.3 Å². The molecule has 2 aromatic carbocycles. The van der Waals surface area contributed by atoms with E-state index >= 15 is 0 Å². The zero-order valence-electron chi connectivity index (χ0n) is 20.7. The van der Waals surface area contributed by atoms with Gasteiger partial charge in [0.1, 0.15) is 0 Å². The molecule has 0 radical (unpaired) electrons. The Hall–Kier alpha value is -2.20. The molecule has 0 saturated heterocycles. The van der Waals surface area contributed by atoms with Crippen LogP contribution in [0.15, 0.2) is 60.7 Å². The van der Waals surface area contributed by atoms with E-state index in [1.165, 1.54) is 34.7 Å². The van der Waals surface area contributed by atoms with Crippen LogP contribution < -0.4 is 0 Å². The molecule has 0 aromatic heterocycles. The molecule has 0 saturated carbocycles. The summed E-state index contributed by atoms with van der Waals surface area (Å²) in [6.45, 7) is 17.3. The Labute approximate surface area is 194 Å². The molecule has 0 heterocycles. The number of allylic oxidation sites excluding steroid dienone is 2. The highest BCUT2D eigenvalue weighted by Crippen LogP contribution is 2.38. The van der Waals surface area contributed by atoms with Gasteiger partial charge in [0.25, 0.3) is 0 Å². The minimum absolute atomic E-state index is 0.138. The molecule has 0 spiro atoms. The largest absolute Gasteiger partial charge is 0.386 e. The maximum Gasteiger partial charge on any atom is 0.185 e. The first-order chi connectivity index (χ1) is 14.8. The molecule has 174 valence electrons. The van der Waals surface area contributed by atoms with Crippen LogP contribution in [-0.4, -0.2) is 26.7 Å². The Balaban J connectivity index is 2.46. The first-order valence-electron chi connectivity index (χ1n) is 11.4. The summed E-state index contributed by atoms with van der Waals surface area (Å²) in [6, 6.07) is 13.1. The Morgan fingerprint density at radius 1 is 1.03 bits per heavy atom. The first-order valence-corrected chi connectivity index (χ1v) is 11.4. The second-order valence-corrected chi connectivity index (χ2v) is 9.70. The molecule has 0 aliphatic carbocycles. The quantitative estimate of drug-likeness (QED) is 0.333. The van der Waals surface area contributed by atoms with Crippen LogP contribution in [0.3, 0.4) is 0 Å². The third-order valence-electron chi connectivity index (χ3n) is 6.57. The van der Waals surface area contributed by atoms with E-state index in [2.05, 4.69) is 70.7 Å². The number of rotatable bonds is 9. The molecular formula is C29H40O3. The SMILES string of the molecule is C=CC(CC(C)(O)/C(=C\C)C(C)(O)O)c1cc(C)c(C)cc1CC(C)c1cccc(C)c1. The van der Waals surface area contributed by atoms with Crippen LogP contribution in [0.25, 0.3) is 0 Å². The van der Waals surface area contributed by atoms with Crippen molar-refractivity contribution < 1.29 is 15.3 Å². The standard InChI is InChI=1S/C29H40O3/c1-9-23(18-28(7,30)27(10-2)29(8,31)32)26-17-21(5)20(4)15-25(26)16-22(6)24-13-11-12-19(3)14-24/h9-15,17,22-23,30-32H,1,16,18H2,2-8H3/b27-10+. The van der Waals surface area contributed by atoms with Gasteiger partial charge in [-0.2, -0.15) is 0 Å². The Morgan fingerprint density at radius 2 is 1.66 bits per heavy atom. The van der Waals surface area contributed by atoms with Gasteiger partial charge >= 0.3 is 0 Å². The van der Waals surface area contributed by atoms with Gasteiger partial charge in [0, 0.05) is 11.5 Å². The van der Waals surface area contributed by atoms with Gasteiger partial charge in [-0.25, -0.2) is 0 Å². The van der Waals surface area contributed by atoms with Gasteiger partial charge in [0.15, 0.2) is 5.79 Å². The lowest BCUT2D eigenvalue weighted by atomic mass is 9.77. The molecule has 3 nitrogen and oxygen atoms in total. The molecule has 0 aliphatic rings. The maximum atomic E-state index is 11.2. The summed E-state index contributed by atoms with van der Waals surface area (Å²) in [4.78, 5) is 0. The summed E-state index contributed by atoms with van der Waals surface area (Å²) >= 11 is 0. The molecule has 0 fully saturated rings. The molecule has 32 heavy (non-hydrogen) atoms. The van der Waals surface area contributed by atoms with Crippen LogP contribution in [0, 0.1) is 20.8 Å². The van der Waals surface area contributed by atoms with Crippen LogP contribution in [-0.2, 0) is 6.42 Å². The predicted octanol–water partition coefficient (Wildman–Crippen LogP) is 6.02. The number of benzene rings is 2. The Morgan fingerprint density at radius 3 is 2.19 bits per heavy atom. The second kappa shape index (κ2) is 10.2. The summed E-state index contributed by atoms with van der Waals surface area (Å²) in [5, 5.41) is 31.6. The number of aryl methyl sites for hydroxylation is 3. The molecule has 0 amide bonds. The van der Waals surface area contributed by atoms with E-state index in [4.69, 9.17) is 0 Å². The number of aliphatic hydroxyl groups is 3. The van der Waals surface area contributed by atoms with Crippen molar-refractivity contribution in [2.45, 2.75) is 84.5 Å². The molecular weight excluding hydrogens is 396 g/mol. The minimum atomic E-state index is -2.09. The fourth-order valence-electron chi connectivity index (χ4n) is 4.80. The van der Waals surface area contributed by atoms with Gasteiger partial charge in [0.2, 0.25) is 0 Å². The van der Waals surface area contributed by atoms with E-state index in [-0.39, 0.29) is 11.5 Å². The lowest BCUT2D eigenvalue weighted by Crippen LogP contribution is -2.41. The third kappa shape index (κ3) is 6.19. The van der Waals surface area contributed by atoms with Crippen molar-refractivity contribution >= 4 is 0 Å². The fraction of sp³-hybridized carbons (Fsp3) is 0.448. The molecule has 3 atom stereocenters. The summed E-state index contributed by atoms with van der Waals surface area (Å²) < 4.78 is 0. The van der Waals surface area contributed by atoms with E-state index in [1.54, 1.807) is 19.9 Å². The van der Waals surface area contributed by atoms with Gasteiger partial charge in [-0.3, -0.25) is 0 Å². The smallest absolute Gasteiger partial charge is 0.185 e. The van der Waals surface area contributed by atoms with Crippen molar-refractivity contribution in [3.8, 4) is 0 Å². The molecule has 2 rings (SSSR count). The normalized spacial score (nSPS) is 16.4. The highest BCUT2D eigenvalue weighted by atomic mass is 16.5. The van der Waals surface area contributed by atoms with Crippen LogP contribution in [0.5, 0.6) is 0 Å². The number of hydrogen-bond donors (Lipinski definition) is 3.